The first-order valence-corrected chi connectivity index (χ1v) is 6.96. The van der Waals surface area contributed by atoms with Crippen LogP contribution in [0.15, 0.2) is 30.6 Å². The smallest absolute Gasteiger partial charge is 0.137 e. The van der Waals surface area contributed by atoms with Crippen LogP contribution in [0.1, 0.15) is 26.0 Å². The summed E-state index contributed by atoms with van der Waals surface area (Å²) >= 11 is 5.83. The van der Waals surface area contributed by atoms with Crippen LogP contribution in [0.3, 0.4) is 0 Å². The fourth-order valence-corrected chi connectivity index (χ4v) is 2.33. The van der Waals surface area contributed by atoms with E-state index in [1.807, 2.05) is 28.8 Å². The lowest BCUT2D eigenvalue weighted by Crippen LogP contribution is -2.33. The fraction of sp³-hybridized carbons (Fsp3) is 0.500. The molecule has 2 aromatic rings. The number of hydrogen-bond donors (Lipinski definition) is 1. The van der Waals surface area contributed by atoms with Crippen molar-refractivity contribution in [2.24, 2.45) is 5.92 Å². The van der Waals surface area contributed by atoms with E-state index in [1.54, 1.807) is 0 Å². The second-order valence-electron chi connectivity index (χ2n) is 4.91. The van der Waals surface area contributed by atoms with Gasteiger partial charge in [-0.1, -0.05) is 19.9 Å². The van der Waals surface area contributed by atoms with Gasteiger partial charge in [0, 0.05) is 30.9 Å². The Hall–Kier alpha value is -1.06. The lowest BCUT2D eigenvalue weighted by Gasteiger charge is -2.20. The Kier molecular flexibility index (Phi) is 4.61. The van der Waals surface area contributed by atoms with Gasteiger partial charge in [-0.05, 0) is 24.5 Å². The second-order valence-corrected chi connectivity index (χ2v) is 5.29. The van der Waals surface area contributed by atoms with E-state index in [9.17, 15) is 0 Å². The molecule has 4 heteroatoms. The van der Waals surface area contributed by atoms with Crippen molar-refractivity contribution in [1.29, 1.82) is 0 Å². The SMILES string of the molecule is CC(C)C(CCCl)NCc1cn2ccccc2n1. The largest absolute Gasteiger partial charge is 0.308 e. The van der Waals surface area contributed by atoms with Crippen LogP contribution in [0.25, 0.3) is 5.65 Å². The molecule has 1 N–H and O–H groups in total. The molecule has 1 unspecified atom stereocenters. The van der Waals surface area contributed by atoms with Gasteiger partial charge in [-0.2, -0.15) is 0 Å². The predicted molar refractivity (Wildman–Crippen MR) is 76.0 cm³/mol. The number of pyridine rings is 1. The Morgan fingerprint density at radius 2 is 2.22 bits per heavy atom. The van der Waals surface area contributed by atoms with Crippen molar-refractivity contribution >= 4 is 17.2 Å². The van der Waals surface area contributed by atoms with Gasteiger partial charge in [0.25, 0.3) is 0 Å². The molecule has 0 saturated carbocycles. The van der Waals surface area contributed by atoms with E-state index >= 15 is 0 Å². The van der Waals surface area contributed by atoms with Gasteiger partial charge in [0.1, 0.15) is 5.65 Å². The van der Waals surface area contributed by atoms with E-state index in [0.29, 0.717) is 17.8 Å². The molecule has 0 aromatic carbocycles. The molecule has 2 rings (SSSR count). The Balaban J connectivity index is 2.00. The van der Waals surface area contributed by atoms with Crippen LogP contribution in [0.5, 0.6) is 0 Å². The van der Waals surface area contributed by atoms with Crippen LogP contribution in [-0.4, -0.2) is 21.3 Å². The lowest BCUT2D eigenvalue weighted by atomic mass is 10.0. The fourth-order valence-electron chi connectivity index (χ4n) is 2.10. The minimum atomic E-state index is 0.451. The molecule has 2 aromatic heterocycles. The van der Waals surface area contributed by atoms with Gasteiger partial charge in [-0.25, -0.2) is 4.98 Å². The molecular formula is C14H20ClN3. The topological polar surface area (TPSA) is 29.3 Å². The first-order chi connectivity index (χ1) is 8.70. The van der Waals surface area contributed by atoms with E-state index in [1.165, 1.54) is 0 Å². The molecule has 0 aliphatic carbocycles. The molecule has 0 aliphatic heterocycles. The first kappa shape index (κ1) is 13.4. The summed E-state index contributed by atoms with van der Waals surface area (Å²) in [5.74, 6) is 1.28. The van der Waals surface area contributed by atoms with Crippen LogP contribution >= 0.6 is 11.6 Å². The Bertz CT molecular complexity index is 459. The average molecular weight is 266 g/mol. The molecule has 98 valence electrons. The summed E-state index contributed by atoms with van der Waals surface area (Å²) in [5, 5.41) is 3.54. The molecule has 0 amide bonds. The highest BCUT2D eigenvalue weighted by molar-refractivity contribution is 6.17. The number of fused-ring (bicyclic) bond motifs is 1. The van der Waals surface area contributed by atoms with Crippen molar-refractivity contribution in [3.8, 4) is 0 Å². The molecule has 0 radical (unpaired) electrons. The van der Waals surface area contributed by atoms with E-state index in [0.717, 1.165) is 24.3 Å². The van der Waals surface area contributed by atoms with Gasteiger partial charge in [0.2, 0.25) is 0 Å². The Morgan fingerprint density at radius 1 is 1.39 bits per heavy atom. The van der Waals surface area contributed by atoms with Crippen molar-refractivity contribution in [2.75, 3.05) is 5.88 Å². The van der Waals surface area contributed by atoms with Gasteiger partial charge in [-0.3, -0.25) is 0 Å². The molecule has 0 saturated heterocycles. The van der Waals surface area contributed by atoms with Crippen molar-refractivity contribution in [3.63, 3.8) is 0 Å². The summed E-state index contributed by atoms with van der Waals surface area (Å²) in [6.07, 6.45) is 5.08. The molecule has 1 atom stereocenters. The highest BCUT2D eigenvalue weighted by Crippen LogP contribution is 2.09. The highest BCUT2D eigenvalue weighted by atomic mass is 35.5. The zero-order valence-corrected chi connectivity index (χ0v) is 11.7. The van der Waals surface area contributed by atoms with Crippen molar-refractivity contribution < 1.29 is 0 Å². The maximum atomic E-state index is 5.83. The van der Waals surface area contributed by atoms with Gasteiger partial charge in [-0.15, -0.1) is 11.6 Å². The van der Waals surface area contributed by atoms with Gasteiger partial charge in [0.15, 0.2) is 0 Å². The summed E-state index contributed by atoms with van der Waals surface area (Å²) in [4.78, 5) is 4.57. The molecule has 3 nitrogen and oxygen atoms in total. The molecule has 0 spiro atoms. The summed E-state index contributed by atoms with van der Waals surface area (Å²) in [7, 11) is 0. The molecular weight excluding hydrogens is 246 g/mol. The number of hydrogen-bond acceptors (Lipinski definition) is 2. The van der Waals surface area contributed by atoms with E-state index < -0.39 is 0 Å². The number of nitrogens with zero attached hydrogens (tertiary/aromatic N) is 2. The molecule has 2 heterocycles. The Labute approximate surface area is 113 Å². The number of nitrogens with one attached hydrogen (secondary N) is 1. The standard InChI is InChI=1S/C14H20ClN3/c1-11(2)13(6-7-15)16-9-12-10-18-8-4-3-5-14(18)17-12/h3-5,8,10-11,13,16H,6-7,9H2,1-2H3. The normalized spacial score (nSPS) is 13.3. The Morgan fingerprint density at radius 3 is 2.89 bits per heavy atom. The third kappa shape index (κ3) is 3.24. The van der Waals surface area contributed by atoms with Crippen LogP contribution < -0.4 is 5.32 Å². The van der Waals surface area contributed by atoms with Crippen LogP contribution in [0.2, 0.25) is 0 Å². The first-order valence-electron chi connectivity index (χ1n) is 6.42. The quantitative estimate of drug-likeness (QED) is 0.814. The minimum Gasteiger partial charge on any atom is -0.308 e. The molecule has 18 heavy (non-hydrogen) atoms. The maximum absolute atomic E-state index is 5.83. The van der Waals surface area contributed by atoms with Crippen LogP contribution in [0, 0.1) is 5.92 Å². The van der Waals surface area contributed by atoms with Gasteiger partial charge in [0.05, 0.1) is 5.69 Å². The highest BCUT2D eigenvalue weighted by Gasteiger charge is 2.12. The zero-order chi connectivity index (χ0) is 13.0. The van der Waals surface area contributed by atoms with Crippen molar-refractivity contribution in [2.45, 2.75) is 32.9 Å². The molecule has 0 fully saturated rings. The minimum absolute atomic E-state index is 0.451. The van der Waals surface area contributed by atoms with Crippen LogP contribution in [-0.2, 0) is 6.54 Å². The maximum Gasteiger partial charge on any atom is 0.137 e. The number of imidazole rings is 1. The molecule has 0 bridgehead atoms. The van der Waals surface area contributed by atoms with Gasteiger partial charge < -0.3 is 9.72 Å². The number of aromatic nitrogens is 2. The van der Waals surface area contributed by atoms with E-state index in [2.05, 4.69) is 30.3 Å². The summed E-state index contributed by atoms with van der Waals surface area (Å²) < 4.78 is 2.04. The van der Waals surface area contributed by atoms with Crippen molar-refractivity contribution in [1.82, 2.24) is 14.7 Å². The zero-order valence-electron chi connectivity index (χ0n) is 10.9. The lowest BCUT2D eigenvalue weighted by molar-refractivity contribution is 0.387. The number of rotatable bonds is 6. The third-order valence-corrected chi connectivity index (χ3v) is 3.40. The third-order valence-electron chi connectivity index (χ3n) is 3.18. The predicted octanol–water partition coefficient (Wildman–Crippen LogP) is 3.08. The molecule has 0 aliphatic rings. The summed E-state index contributed by atoms with van der Waals surface area (Å²) in [6, 6.07) is 6.48. The van der Waals surface area contributed by atoms with E-state index in [-0.39, 0.29) is 0 Å². The second kappa shape index (κ2) is 6.21. The van der Waals surface area contributed by atoms with Crippen molar-refractivity contribution in [3.05, 3.63) is 36.3 Å². The van der Waals surface area contributed by atoms with Crippen LogP contribution in [0.4, 0.5) is 0 Å². The van der Waals surface area contributed by atoms with Gasteiger partial charge >= 0.3 is 0 Å². The summed E-state index contributed by atoms with van der Waals surface area (Å²) in [6.45, 7) is 5.23. The van der Waals surface area contributed by atoms with E-state index in [4.69, 9.17) is 11.6 Å². The number of halogens is 1. The number of alkyl halides is 1. The average Bonchev–Trinajstić information content (AvgIpc) is 2.76. The summed E-state index contributed by atoms with van der Waals surface area (Å²) in [5.41, 5.74) is 2.06. The monoisotopic (exact) mass is 265 g/mol.